The van der Waals surface area contributed by atoms with Crippen molar-refractivity contribution in [1.82, 2.24) is 10.9 Å². The monoisotopic (exact) mass is 354 g/mol. The Morgan fingerprint density at radius 2 is 1.88 bits per heavy atom. The third kappa shape index (κ3) is 5.66. The Hall–Kier alpha value is -3.28. The van der Waals surface area contributed by atoms with E-state index in [4.69, 9.17) is 9.47 Å². The second kappa shape index (κ2) is 9.88. The minimum atomic E-state index is -0.481. The van der Waals surface area contributed by atoms with Gasteiger partial charge in [-0.05, 0) is 36.2 Å². The number of hydrogen-bond acceptors (Lipinski definition) is 4. The van der Waals surface area contributed by atoms with E-state index in [9.17, 15) is 9.59 Å². The molecule has 0 aromatic heterocycles. The molecule has 2 rings (SSSR count). The first-order valence-corrected chi connectivity index (χ1v) is 8.27. The molecule has 0 aliphatic carbocycles. The minimum absolute atomic E-state index is 0.206. The second-order valence-corrected chi connectivity index (χ2v) is 5.39. The van der Waals surface area contributed by atoms with E-state index in [0.717, 1.165) is 12.0 Å². The Morgan fingerprint density at radius 1 is 1.08 bits per heavy atom. The zero-order valence-corrected chi connectivity index (χ0v) is 14.7. The molecule has 2 aromatic rings. The maximum atomic E-state index is 12.2. The number of aryl methyl sites for hydroxylation is 1. The summed E-state index contributed by atoms with van der Waals surface area (Å²) in [5.74, 6) is 0.0662. The Morgan fingerprint density at radius 3 is 2.65 bits per heavy atom. The van der Waals surface area contributed by atoms with E-state index in [1.165, 1.54) is 0 Å². The SMILES string of the molecule is C=CCOc1ccccc1C(=O)NNC(=O)COc1cccc(CC)c1. The summed E-state index contributed by atoms with van der Waals surface area (Å²) in [5.41, 5.74) is 6.10. The van der Waals surface area contributed by atoms with Gasteiger partial charge in [-0.3, -0.25) is 20.4 Å². The number of para-hydroxylation sites is 1. The lowest BCUT2D eigenvalue weighted by Crippen LogP contribution is -2.43. The van der Waals surface area contributed by atoms with Crippen molar-refractivity contribution in [2.24, 2.45) is 0 Å². The third-order valence-electron chi connectivity index (χ3n) is 3.48. The van der Waals surface area contributed by atoms with Crippen molar-refractivity contribution in [3.63, 3.8) is 0 Å². The van der Waals surface area contributed by atoms with Gasteiger partial charge in [0.05, 0.1) is 5.56 Å². The number of hydrogen-bond donors (Lipinski definition) is 2. The highest BCUT2D eigenvalue weighted by atomic mass is 16.5. The molecule has 0 bridgehead atoms. The molecule has 0 radical (unpaired) electrons. The molecule has 2 N–H and O–H groups in total. The average molecular weight is 354 g/mol. The largest absolute Gasteiger partial charge is 0.489 e. The summed E-state index contributed by atoms with van der Waals surface area (Å²) < 4.78 is 10.9. The number of carbonyl (C=O) groups excluding carboxylic acids is 2. The van der Waals surface area contributed by atoms with Gasteiger partial charge in [-0.15, -0.1) is 0 Å². The zero-order valence-electron chi connectivity index (χ0n) is 14.7. The summed E-state index contributed by atoms with van der Waals surface area (Å²) in [6, 6.07) is 14.2. The molecule has 6 heteroatoms. The molecule has 2 aromatic carbocycles. The molecule has 0 saturated heterocycles. The lowest BCUT2D eigenvalue weighted by atomic mass is 10.2. The van der Waals surface area contributed by atoms with Gasteiger partial charge in [0.1, 0.15) is 18.1 Å². The quantitative estimate of drug-likeness (QED) is 0.564. The van der Waals surface area contributed by atoms with E-state index in [2.05, 4.69) is 17.4 Å². The highest BCUT2D eigenvalue weighted by Crippen LogP contribution is 2.17. The first-order valence-electron chi connectivity index (χ1n) is 8.27. The number of carbonyl (C=O) groups is 2. The Labute approximate surface area is 152 Å². The number of amides is 2. The summed E-state index contributed by atoms with van der Waals surface area (Å²) in [7, 11) is 0. The smallest absolute Gasteiger partial charge is 0.276 e. The van der Waals surface area contributed by atoms with Crippen LogP contribution in [0.25, 0.3) is 0 Å². The van der Waals surface area contributed by atoms with Crippen molar-refractivity contribution in [2.45, 2.75) is 13.3 Å². The van der Waals surface area contributed by atoms with Crippen molar-refractivity contribution < 1.29 is 19.1 Å². The summed E-state index contributed by atoms with van der Waals surface area (Å²) in [5, 5.41) is 0. The van der Waals surface area contributed by atoms with Crippen LogP contribution in [-0.4, -0.2) is 25.0 Å². The van der Waals surface area contributed by atoms with Crippen LogP contribution in [0.4, 0.5) is 0 Å². The van der Waals surface area contributed by atoms with Crippen LogP contribution < -0.4 is 20.3 Å². The van der Waals surface area contributed by atoms with E-state index in [-0.39, 0.29) is 13.2 Å². The Balaban J connectivity index is 1.85. The standard InChI is InChI=1S/C20H22N2O4/c1-3-12-25-18-11-6-5-10-17(18)20(24)22-21-19(23)14-26-16-9-7-8-15(4-2)13-16/h3,5-11,13H,1,4,12,14H2,2H3,(H,21,23)(H,22,24). The second-order valence-electron chi connectivity index (χ2n) is 5.39. The molecule has 0 unspecified atom stereocenters. The van der Waals surface area contributed by atoms with Gasteiger partial charge in [0, 0.05) is 0 Å². The highest BCUT2D eigenvalue weighted by Gasteiger charge is 2.13. The number of nitrogens with one attached hydrogen (secondary N) is 2. The number of ether oxygens (including phenoxy) is 2. The molecule has 0 atom stereocenters. The highest BCUT2D eigenvalue weighted by molar-refractivity contribution is 5.97. The fourth-order valence-electron chi connectivity index (χ4n) is 2.16. The van der Waals surface area contributed by atoms with Crippen LogP contribution in [0.3, 0.4) is 0 Å². The summed E-state index contributed by atoms with van der Waals surface area (Å²) >= 11 is 0. The average Bonchev–Trinajstić information content (AvgIpc) is 2.69. The Bertz CT molecular complexity index is 774. The molecule has 0 saturated carbocycles. The van der Waals surface area contributed by atoms with Gasteiger partial charge in [0.2, 0.25) is 0 Å². The minimum Gasteiger partial charge on any atom is -0.489 e. The molecular formula is C20H22N2O4. The number of benzene rings is 2. The van der Waals surface area contributed by atoms with Crippen molar-refractivity contribution in [3.05, 3.63) is 72.3 Å². The molecule has 0 spiro atoms. The lowest BCUT2D eigenvalue weighted by Gasteiger charge is -2.12. The number of hydrazine groups is 1. The third-order valence-corrected chi connectivity index (χ3v) is 3.48. The summed E-state index contributed by atoms with van der Waals surface area (Å²) in [4.78, 5) is 24.1. The maximum absolute atomic E-state index is 12.2. The van der Waals surface area contributed by atoms with Gasteiger partial charge < -0.3 is 9.47 Å². The fourth-order valence-corrected chi connectivity index (χ4v) is 2.16. The van der Waals surface area contributed by atoms with E-state index >= 15 is 0 Å². The molecule has 2 amide bonds. The topological polar surface area (TPSA) is 76.7 Å². The predicted molar refractivity (Wildman–Crippen MR) is 99.1 cm³/mol. The predicted octanol–water partition coefficient (Wildman–Crippen LogP) is 2.65. The molecular weight excluding hydrogens is 332 g/mol. The van der Waals surface area contributed by atoms with Crippen LogP contribution in [0.15, 0.2) is 61.2 Å². The van der Waals surface area contributed by atoms with Gasteiger partial charge in [-0.25, -0.2) is 0 Å². The first kappa shape index (κ1) is 19.1. The van der Waals surface area contributed by atoms with E-state index < -0.39 is 11.8 Å². The summed E-state index contributed by atoms with van der Waals surface area (Å²) in [6.07, 6.45) is 2.47. The molecule has 0 heterocycles. The fraction of sp³-hybridized carbons (Fsp3) is 0.200. The van der Waals surface area contributed by atoms with Crippen molar-refractivity contribution in [3.8, 4) is 11.5 Å². The van der Waals surface area contributed by atoms with E-state index in [0.29, 0.717) is 17.1 Å². The number of rotatable bonds is 8. The van der Waals surface area contributed by atoms with Crippen LogP contribution in [0.1, 0.15) is 22.8 Å². The van der Waals surface area contributed by atoms with E-state index in [1.54, 1.807) is 36.4 Å². The van der Waals surface area contributed by atoms with Gasteiger partial charge in [-0.1, -0.05) is 43.8 Å². The molecule has 0 aliphatic heterocycles. The van der Waals surface area contributed by atoms with E-state index in [1.807, 2.05) is 25.1 Å². The molecule has 26 heavy (non-hydrogen) atoms. The van der Waals surface area contributed by atoms with Crippen molar-refractivity contribution >= 4 is 11.8 Å². The van der Waals surface area contributed by atoms with Gasteiger partial charge in [0.15, 0.2) is 6.61 Å². The van der Waals surface area contributed by atoms with Crippen molar-refractivity contribution in [2.75, 3.05) is 13.2 Å². The molecule has 0 aliphatic rings. The van der Waals surface area contributed by atoms with Crippen LogP contribution in [0.2, 0.25) is 0 Å². The molecule has 6 nitrogen and oxygen atoms in total. The van der Waals surface area contributed by atoms with Crippen LogP contribution in [0, 0.1) is 0 Å². The molecule has 136 valence electrons. The first-order chi connectivity index (χ1) is 12.6. The Kier molecular flexibility index (Phi) is 7.24. The zero-order chi connectivity index (χ0) is 18.8. The lowest BCUT2D eigenvalue weighted by molar-refractivity contribution is -0.123. The normalized spacial score (nSPS) is 9.88. The molecule has 0 fully saturated rings. The van der Waals surface area contributed by atoms with Gasteiger partial charge in [-0.2, -0.15) is 0 Å². The maximum Gasteiger partial charge on any atom is 0.276 e. The summed E-state index contributed by atoms with van der Waals surface area (Å²) in [6.45, 7) is 5.68. The van der Waals surface area contributed by atoms with Crippen LogP contribution in [-0.2, 0) is 11.2 Å². The van der Waals surface area contributed by atoms with Crippen LogP contribution >= 0.6 is 0 Å². The van der Waals surface area contributed by atoms with Gasteiger partial charge in [0.25, 0.3) is 11.8 Å². The van der Waals surface area contributed by atoms with Gasteiger partial charge >= 0.3 is 0 Å². The van der Waals surface area contributed by atoms with Crippen molar-refractivity contribution in [1.29, 1.82) is 0 Å². The van der Waals surface area contributed by atoms with Crippen LogP contribution in [0.5, 0.6) is 11.5 Å².